The standard InChI is InChI=1S/C17H18F2O2/c1-17(2,3)12-5-4-6-13(9-12)21-16-14(18)7-11(10-20)8-15(16)19/h4-9,20H,10H2,1-3H3. The van der Waals surface area contributed by atoms with E-state index in [9.17, 15) is 8.78 Å². The Morgan fingerprint density at radius 3 is 2.19 bits per heavy atom. The van der Waals surface area contributed by atoms with Crippen LogP contribution in [0.3, 0.4) is 0 Å². The van der Waals surface area contributed by atoms with Crippen LogP contribution >= 0.6 is 0 Å². The molecule has 0 fully saturated rings. The quantitative estimate of drug-likeness (QED) is 0.899. The molecular weight excluding hydrogens is 274 g/mol. The molecule has 0 unspecified atom stereocenters. The number of halogens is 2. The summed E-state index contributed by atoms with van der Waals surface area (Å²) in [6.07, 6.45) is 0. The predicted octanol–water partition coefficient (Wildman–Crippen LogP) is 4.55. The fourth-order valence-electron chi connectivity index (χ4n) is 1.95. The Labute approximate surface area is 123 Å². The molecular formula is C17H18F2O2. The Kier molecular flexibility index (Phi) is 4.28. The second kappa shape index (κ2) is 5.82. The SMILES string of the molecule is CC(C)(C)c1cccc(Oc2c(F)cc(CO)cc2F)c1. The van der Waals surface area contributed by atoms with Crippen LogP contribution in [0.2, 0.25) is 0 Å². The summed E-state index contributed by atoms with van der Waals surface area (Å²) in [5, 5.41) is 8.92. The number of hydrogen-bond acceptors (Lipinski definition) is 2. The van der Waals surface area contributed by atoms with Gasteiger partial charge < -0.3 is 9.84 Å². The third-order valence-electron chi connectivity index (χ3n) is 3.16. The minimum atomic E-state index is -0.833. The zero-order chi connectivity index (χ0) is 15.6. The van der Waals surface area contributed by atoms with E-state index < -0.39 is 24.0 Å². The first-order valence-electron chi connectivity index (χ1n) is 6.68. The molecule has 0 aliphatic carbocycles. The first kappa shape index (κ1) is 15.4. The van der Waals surface area contributed by atoms with Crippen molar-refractivity contribution < 1.29 is 18.6 Å². The zero-order valence-electron chi connectivity index (χ0n) is 12.3. The molecule has 0 atom stereocenters. The van der Waals surface area contributed by atoms with Gasteiger partial charge in [-0.1, -0.05) is 32.9 Å². The summed E-state index contributed by atoms with van der Waals surface area (Å²) in [4.78, 5) is 0. The number of benzene rings is 2. The predicted molar refractivity (Wildman–Crippen MR) is 77.5 cm³/mol. The number of hydrogen-bond donors (Lipinski definition) is 1. The van der Waals surface area contributed by atoms with Crippen LogP contribution in [-0.2, 0) is 12.0 Å². The van der Waals surface area contributed by atoms with Crippen LogP contribution in [0.25, 0.3) is 0 Å². The Morgan fingerprint density at radius 1 is 1.05 bits per heavy atom. The fraction of sp³-hybridized carbons (Fsp3) is 0.294. The van der Waals surface area contributed by atoms with Crippen molar-refractivity contribution in [3.8, 4) is 11.5 Å². The van der Waals surface area contributed by atoms with Crippen molar-refractivity contribution in [2.45, 2.75) is 32.8 Å². The molecule has 4 heteroatoms. The molecule has 2 nitrogen and oxygen atoms in total. The highest BCUT2D eigenvalue weighted by molar-refractivity contribution is 5.38. The molecule has 0 spiro atoms. The van der Waals surface area contributed by atoms with Gasteiger partial charge in [0.15, 0.2) is 17.4 Å². The molecule has 0 saturated carbocycles. The van der Waals surface area contributed by atoms with Gasteiger partial charge in [0.1, 0.15) is 5.75 Å². The highest BCUT2D eigenvalue weighted by Crippen LogP contribution is 2.31. The van der Waals surface area contributed by atoms with Gasteiger partial charge in [0.2, 0.25) is 0 Å². The zero-order valence-corrected chi connectivity index (χ0v) is 12.3. The lowest BCUT2D eigenvalue weighted by Gasteiger charge is -2.20. The van der Waals surface area contributed by atoms with Gasteiger partial charge in [-0.2, -0.15) is 0 Å². The number of aliphatic hydroxyl groups excluding tert-OH is 1. The number of ether oxygens (including phenoxy) is 1. The van der Waals surface area contributed by atoms with Gasteiger partial charge in [-0.3, -0.25) is 0 Å². The summed E-state index contributed by atoms with van der Waals surface area (Å²) >= 11 is 0. The molecule has 0 aliphatic rings. The van der Waals surface area contributed by atoms with Crippen molar-refractivity contribution in [2.24, 2.45) is 0 Å². The lowest BCUT2D eigenvalue weighted by molar-refractivity contribution is 0.279. The third-order valence-corrected chi connectivity index (χ3v) is 3.16. The van der Waals surface area contributed by atoms with Crippen LogP contribution in [-0.4, -0.2) is 5.11 Å². The maximum Gasteiger partial charge on any atom is 0.198 e. The molecule has 1 N–H and O–H groups in total. The summed E-state index contributed by atoms with van der Waals surface area (Å²) in [5.74, 6) is -1.75. The molecule has 21 heavy (non-hydrogen) atoms. The van der Waals surface area contributed by atoms with Gasteiger partial charge >= 0.3 is 0 Å². The molecule has 2 aromatic carbocycles. The van der Waals surface area contributed by atoms with E-state index in [1.54, 1.807) is 18.2 Å². The Hall–Kier alpha value is -1.94. The van der Waals surface area contributed by atoms with Crippen molar-refractivity contribution in [3.05, 3.63) is 59.2 Å². The van der Waals surface area contributed by atoms with E-state index in [4.69, 9.17) is 9.84 Å². The van der Waals surface area contributed by atoms with Crippen LogP contribution < -0.4 is 4.74 Å². The van der Waals surface area contributed by atoms with Crippen LogP contribution in [0, 0.1) is 11.6 Å². The van der Waals surface area contributed by atoms with E-state index in [0.717, 1.165) is 17.7 Å². The molecule has 2 aromatic rings. The second-order valence-electron chi connectivity index (χ2n) is 5.93. The molecule has 0 saturated heterocycles. The summed E-state index contributed by atoms with van der Waals surface area (Å²) in [5.41, 5.74) is 1.09. The lowest BCUT2D eigenvalue weighted by atomic mass is 9.87. The molecule has 0 amide bonds. The average Bonchev–Trinajstić information content (AvgIpc) is 2.42. The van der Waals surface area contributed by atoms with Crippen molar-refractivity contribution >= 4 is 0 Å². The van der Waals surface area contributed by atoms with E-state index in [2.05, 4.69) is 0 Å². The highest BCUT2D eigenvalue weighted by Gasteiger charge is 2.17. The van der Waals surface area contributed by atoms with Crippen LogP contribution in [0.4, 0.5) is 8.78 Å². The first-order chi connectivity index (χ1) is 9.81. The maximum atomic E-state index is 13.8. The van der Waals surface area contributed by atoms with E-state index >= 15 is 0 Å². The molecule has 0 aromatic heterocycles. The minimum Gasteiger partial charge on any atom is -0.451 e. The Morgan fingerprint density at radius 2 is 1.67 bits per heavy atom. The molecule has 0 radical (unpaired) electrons. The van der Waals surface area contributed by atoms with E-state index in [-0.39, 0.29) is 11.0 Å². The van der Waals surface area contributed by atoms with Crippen molar-refractivity contribution in [3.63, 3.8) is 0 Å². The molecule has 0 heterocycles. The van der Waals surface area contributed by atoms with E-state index in [0.29, 0.717) is 5.75 Å². The molecule has 2 rings (SSSR count). The monoisotopic (exact) mass is 292 g/mol. The van der Waals surface area contributed by atoms with Gasteiger partial charge in [0.05, 0.1) is 6.61 Å². The third kappa shape index (κ3) is 3.58. The summed E-state index contributed by atoms with van der Waals surface area (Å²) < 4.78 is 33.0. The van der Waals surface area contributed by atoms with Gasteiger partial charge in [0.25, 0.3) is 0 Å². The molecule has 0 aliphatic heterocycles. The van der Waals surface area contributed by atoms with E-state index in [1.807, 2.05) is 26.8 Å². The van der Waals surface area contributed by atoms with Gasteiger partial charge in [-0.05, 0) is 40.8 Å². The fourth-order valence-corrected chi connectivity index (χ4v) is 1.95. The minimum absolute atomic E-state index is 0.0861. The molecule has 112 valence electrons. The Balaban J connectivity index is 2.35. The lowest BCUT2D eigenvalue weighted by Crippen LogP contribution is -2.10. The van der Waals surface area contributed by atoms with Crippen molar-refractivity contribution in [1.29, 1.82) is 0 Å². The summed E-state index contributed by atoms with van der Waals surface area (Å²) in [7, 11) is 0. The normalized spacial score (nSPS) is 11.5. The summed E-state index contributed by atoms with van der Waals surface area (Å²) in [6.45, 7) is 5.71. The summed E-state index contributed by atoms with van der Waals surface area (Å²) in [6, 6.07) is 9.26. The van der Waals surface area contributed by atoms with Crippen molar-refractivity contribution in [2.75, 3.05) is 0 Å². The van der Waals surface area contributed by atoms with Gasteiger partial charge in [-0.15, -0.1) is 0 Å². The van der Waals surface area contributed by atoms with Crippen LogP contribution in [0.5, 0.6) is 11.5 Å². The second-order valence-corrected chi connectivity index (χ2v) is 5.93. The molecule has 0 bridgehead atoms. The van der Waals surface area contributed by atoms with Crippen LogP contribution in [0.15, 0.2) is 36.4 Å². The smallest absolute Gasteiger partial charge is 0.198 e. The maximum absolute atomic E-state index is 13.8. The topological polar surface area (TPSA) is 29.5 Å². The van der Waals surface area contributed by atoms with Gasteiger partial charge in [0, 0.05) is 0 Å². The number of aliphatic hydroxyl groups is 1. The van der Waals surface area contributed by atoms with Gasteiger partial charge in [-0.25, -0.2) is 8.78 Å². The highest BCUT2D eigenvalue weighted by atomic mass is 19.1. The van der Waals surface area contributed by atoms with E-state index in [1.165, 1.54) is 0 Å². The average molecular weight is 292 g/mol. The first-order valence-corrected chi connectivity index (χ1v) is 6.68. The number of rotatable bonds is 3. The Bertz CT molecular complexity index is 622. The van der Waals surface area contributed by atoms with Crippen molar-refractivity contribution in [1.82, 2.24) is 0 Å². The van der Waals surface area contributed by atoms with Crippen LogP contribution in [0.1, 0.15) is 31.9 Å². The largest absolute Gasteiger partial charge is 0.451 e.